The Labute approximate surface area is 120 Å². The quantitative estimate of drug-likeness (QED) is 0.796. The first-order chi connectivity index (χ1) is 9.69. The lowest BCUT2D eigenvalue weighted by Crippen LogP contribution is -2.57. The monoisotopic (exact) mass is 282 g/mol. The largest absolute Gasteiger partial charge is 0.389 e. The molecule has 0 aromatic carbocycles. The van der Waals surface area contributed by atoms with E-state index in [-0.39, 0.29) is 0 Å². The molecule has 3 unspecified atom stereocenters. The van der Waals surface area contributed by atoms with E-state index in [9.17, 15) is 9.90 Å². The van der Waals surface area contributed by atoms with E-state index in [1.165, 1.54) is 12.8 Å². The molecule has 1 N–H and O–H groups in total. The minimum atomic E-state index is -0.402. The van der Waals surface area contributed by atoms with Crippen molar-refractivity contribution in [3.05, 3.63) is 0 Å². The molecule has 0 aromatic rings. The molecule has 2 aliphatic heterocycles. The van der Waals surface area contributed by atoms with Gasteiger partial charge in [0.15, 0.2) is 0 Å². The van der Waals surface area contributed by atoms with Gasteiger partial charge in [-0.3, -0.25) is 4.79 Å². The van der Waals surface area contributed by atoms with Crippen LogP contribution in [0, 0.1) is 5.92 Å². The molecule has 5 heteroatoms. The van der Waals surface area contributed by atoms with Crippen LogP contribution in [0.3, 0.4) is 0 Å². The van der Waals surface area contributed by atoms with Crippen LogP contribution in [0.5, 0.6) is 0 Å². The number of carbonyl (C=O) groups is 1. The molecule has 2 heterocycles. The Kier molecular flexibility index (Phi) is 4.29. The number of carbonyl (C=O) groups excluding carboxylic acids is 1. The van der Waals surface area contributed by atoms with E-state index < -0.39 is 6.10 Å². The molecule has 0 aromatic heterocycles. The number of likely N-dealkylation sites (tertiary alicyclic amines) is 2. The summed E-state index contributed by atoms with van der Waals surface area (Å²) in [5.41, 5.74) is 0. The number of fused-ring (bicyclic) bond motifs is 1. The maximum atomic E-state index is 12.1. The molecule has 3 rings (SSSR count). The number of nitrogens with zero attached hydrogens (tertiary/aromatic N) is 2. The molecule has 0 spiro atoms. The second-order valence-electron chi connectivity index (χ2n) is 6.56. The van der Waals surface area contributed by atoms with E-state index in [0.29, 0.717) is 43.5 Å². The van der Waals surface area contributed by atoms with Crippen LogP contribution in [0.15, 0.2) is 0 Å². The zero-order valence-electron chi connectivity index (χ0n) is 12.3. The number of rotatable bonds is 5. The number of methoxy groups -OCH3 is 1. The van der Waals surface area contributed by atoms with Crippen molar-refractivity contribution in [3.8, 4) is 0 Å². The van der Waals surface area contributed by atoms with Gasteiger partial charge in [-0.1, -0.05) is 0 Å². The summed E-state index contributed by atoms with van der Waals surface area (Å²) in [7, 11) is 1.62. The van der Waals surface area contributed by atoms with E-state index in [2.05, 4.69) is 9.80 Å². The fraction of sp³-hybridized carbons (Fsp3) is 0.933. The Balaban J connectivity index is 1.57. The number of hydrogen-bond acceptors (Lipinski definition) is 4. The second-order valence-corrected chi connectivity index (χ2v) is 6.56. The van der Waals surface area contributed by atoms with Gasteiger partial charge in [-0.2, -0.15) is 0 Å². The number of hydrogen-bond donors (Lipinski definition) is 1. The fourth-order valence-electron chi connectivity index (χ4n) is 3.90. The fourth-order valence-corrected chi connectivity index (χ4v) is 3.90. The van der Waals surface area contributed by atoms with Gasteiger partial charge in [-0.25, -0.2) is 0 Å². The molecule has 114 valence electrons. The Morgan fingerprint density at radius 1 is 1.35 bits per heavy atom. The number of β-amino-alcohol motifs (C(OH)–C–C–N with tert-alkyl or cyclic N) is 1. The van der Waals surface area contributed by atoms with Crippen LogP contribution < -0.4 is 0 Å². The lowest BCUT2D eigenvalue weighted by atomic mass is 9.83. The number of ether oxygens (including phenoxy) is 1. The van der Waals surface area contributed by atoms with Gasteiger partial charge >= 0.3 is 0 Å². The van der Waals surface area contributed by atoms with Gasteiger partial charge in [0.1, 0.15) is 0 Å². The van der Waals surface area contributed by atoms with Crippen LogP contribution in [0.1, 0.15) is 32.1 Å². The third kappa shape index (κ3) is 3.00. The van der Waals surface area contributed by atoms with Crippen LogP contribution in [0.25, 0.3) is 0 Å². The van der Waals surface area contributed by atoms with Crippen LogP contribution in [-0.4, -0.2) is 72.4 Å². The predicted octanol–water partition coefficient (Wildman–Crippen LogP) is 0.469. The zero-order chi connectivity index (χ0) is 14.1. The van der Waals surface area contributed by atoms with Crippen molar-refractivity contribution < 1.29 is 14.6 Å². The van der Waals surface area contributed by atoms with Gasteiger partial charge in [0.2, 0.25) is 5.91 Å². The van der Waals surface area contributed by atoms with Crippen molar-refractivity contribution >= 4 is 5.91 Å². The highest BCUT2D eigenvalue weighted by molar-refractivity contribution is 5.78. The normalized spacial score (nSPS) is 33.1. The zero-order valence-corrected chi connectivity index (χ0v) is 12.3. The first-order valence-corrected chi connectivity index (χ1v) is 7.89. The van der Waals surface area contributed by atoms with E-state index in [0.717, 1.165) is 25.9 Å². The molecule has 3 aliphatic rings. The molecule has 20 heavy (non-hydrogen) atoms. The molecule has 1 amide bonds. The Morgan fingerprint density at radius 3 is 2.85 bits per heavy atom. The van der Waals surface area contributed by atoms with Gasteiger partial charge < -0.3 is 19.6 Å². The van der Waals surface area contributed by atoms with Crippen molar-refractivity contribution in [2.45, 2.75) is 50.3 Å². The van der Waals surface area contributed by atoms with Crippen LogP contribution >= 0.6 is 0 Å². The Morgan fingerprint density at radius 2 is 2.15 bits per heavy atom. The van der Waals surface area contributed by atoms with Gasteiger partial charge in [0, 0.05) is 45.2 Å². The molecule has 3 atom stereocenters. The van der Waals surface area contributed by atoms with Gasteiger partial charge in [0.25, 0.3) is 0 Å². The summed E-state index contributed by atoms with van der Waals surface area (Å²) >= 11 is 0. The van der Waals surface area contributed by atoms with Crippen LogP contribution in [0.4, 0.5) is 0 Å². The minimum absolute atomic E-state index is 0.376. The number of piperidine rings is 2. The summed E-state index contributed by atoms with van der Waals surface area (Å²) in [6, 6.07) is 1.00. The molecule has 5 nitrogen and oxygen atoms in total. The minimum Gasteiger partial charge on any atom is -0.389 e. The average molecular weight is 282 g/mol. The van der Waals surface area contributed by atoms with Crippen LogP contribution in [-0.2, 0) is 9.53 Å². The highest BCUT2D eigenvalue weighted by Crippen LogP contribution is 2.38. The smallest absolute Gasteiger partial charge is 0.223 e. The SMILES string of the molecule is COCC(O)CN1CCC2C(CCC(=O)N2C2CC2)C1. The third-order valence-corrected chi connectivity index (χ3v) is 4.92. The molecule has 1 aliphatic carbocycles. The number of aliphatic hydroxyl groups is 1. The molecule has 0 bridgehead atoms. The van der Waals surface area contributed by atoms with Gasteiger partial charge in [-0.05, 0) is 31.6 Å². The molecular weight excluding hydrogens is 256 g/mol. The Hall–Kier alpha value is -0.650. The van der Waals surface area contributed by atoms with Crippen molar-refractivity contribution in [1.29, 1.82) is 0 Å². The summed E-state index contributed by atoms with van der Waals surface area (Å²) in [5.74, 6) is 0.971. The second kappa shape index (κ2) is 6.00. The predicted molar refractivity (Wildman–Crippen MR) is 75.3 cm³/mol. The van der Waals surface area contributed by atoms with E-state index >= 15 is 0 Å². The van der Waals surface area contributed by atoms with Gasteiger partial charge in [0.05, 0.1) is 12.7 Å². The maximum absolute atomic E-state index is 12.1. The summed E-state index contributed by atoms with van der Waals surface area (Å²) in [5, 5.41) is 9.86. The van der Waals surface area contributed by atoms with Crippen LogP contribution in [0.2, 0.25) is 0 Å². The lowest BCUT2D eigenvalue weighted by Gasteiger charge is -2.47. The molecule has 3 fully saturated rings. The maximum Gasteiger partial charge on any atom is 0.223 e. The van der Waals surface area contributed by atoms with E-state index in [1.807, 2.05) is 0 Å². The summed E-state index contributed by atoms with van der Waals surface area (Å²) < 4.78 is 4.99. The highest BCUT2D eigenvalue weighted by atomic mass is 16.5. The molecule has 1 saturated carbocycles. The molecular formula is C15H26N2O3. The summed E-state index contributed by atoms with van der Waals surface area (Å²) in [6.45, 7) is 3.09. The van der Waals surface area contributed by atoms with Gasteiger partial charge in [-0.15, -0.1) is 0 Å². The van der Waals surface area contributed by atoms with Crippen molar-refractivity contribution in [2.24, 2.45) is 5.92 Å². The number of amides is 1. The first kappa shape index (κ1) is 14.3. The summed E-state index contributed by atoms with van der Waals surface area (Å²) in [6.07, 6.45) is 4.79. The lowest BCUT2D eigenvalue weighted by molar-refractivity contribution is -0.142. The van der Waals surface area contributed by atoms with E-state index in [1.54, 1.807) is 7.11 Å². The molecule has 2 saturated heterocycles. The highest BCUT2D eigenvalue weighted by Gasteiger charge is 2.45. The third-order valence-electron chi connectivity index (χ3n) is 4.92. The first-order valence-electron chi connectivity index (χ1n) is 7.89. The van der Waals surface area contributed by atoms with Crippen molar-refractivity contribution in [3.63, 3.8) is 0 Å². The van der Waals surface area contributed by atoms with Crippen molar-refractivity contribution in [2.75, 3.05) is 33.4 Å². The average Bonchev–Trinajstić information content (AvgIpc) is 3.23. The number of aliphatic hydroxyl groups excluding tert-OH is 1. The standard InChI is InChI=1S/C15H26N2O3/c1-20-10-13(18)9-16-7-6-14-11(8-16)2-5-15(19)17(14)12-3-4-12/h11-14,18H,2-10H2,1H3. The molecule has 0 radical (unpaired) electrons. The summed E-state index contributed by atoms with van der Waals surface area (Å²) in [4.78, 5) is 16.7. The topological polar surface area (TPSA) is 53.0 Å². The van der Waals surface area contributed by atoms with Crippen molar-refractivity contribution in [1.82, 2.24) is 9.80 Å². The van der Waals surface area contributed by atoms with E-state index in [4.69, 9.17) is 4.74 Å². The Bertz CT molecular complexity index is 359.